The summed E-state index contributed by atoms with van der Waals surface area (Å²) in [7, 11) is 0. The van der Waals surface area contributed by atoms with Gasteiger partial charge in [0.25, 0.3) is 5.91 Å². The first-order valence-corrected chi connectivity index (χ1v) is 5.87. The highest BCUT2D eigenvalue weighted by molar-refractivity contribution is 5.99. The van der Waals surface area contributed by atoms with Crippen molar-refractivity contribution in [2.45, 2.75) is 33.2 Å². The lowest BCUT2D eigenvalue weighted by molar-refractivity contribution is 0.0700. The first kappa shape index (κ1) is 13.5. The number of carbonyl (C=O) groups is 1. The summed E-state index contributed by atoms with van der Waals surface area (Å²) in [5, 5.41) is 0. The molecular formula is C13H19FN2O. The Bertz CT molecular complexity index is 406. The first-order chi connectivity index (χ1) is 8.01. The van der Waals surface area contributed by atoms with Crippen LogP contribution in [0.5, 0.6) is 0 Å². The van der Waals surface area contributed by atoms with Crippen molar-refractivity contribution in [1.29, 1.82) is 0 Å². The standard InChI is InChI=1S/C13H19FN2O/c1-4-9(3)16(5-2)13(17)11-8-10(14)6-7-12(11)15/h6-9H,4-5,15H2,1-3H3. The van der Waals surface area contributed by atoms with E-state index in [-0.39, 0.29) is 17.5 Å². The second-order valence-corrected chi connectivity index (χ2v) is 4.08. The van der Waals surface area contributed by atoms with E-state index in [2.05, 4.69) is 0 Å². The molecule has 0 aromatic heterocycles. The minimum Gasteiger partial charge on any atom is -0.398 e. The second kappa shape index (κ2) is 5.66. The summed E-state index contributed by atoms with van der Waals surface area (Å²) >= 11 is 0. The minimum atomic E-state index is -0.442. The average molecular weight is 238 g/mol. The van der Waals surface area contributed by atoms with Gasteiger partial charge < -0.3 is 10.6 Å². The Labute approximate surface area is 101 Å². The molecule has 0 radical (unpaired) electrons. The summed E-state index contributed by atoms with van der Waals surface area (Å²) in [5.74, 6) is -0.651. The molecule has 1 aromatic carbocycles. The van der Waals surface area contributed by atoms with E-state index in [4.69, 9.17) is 5.73 Å². The number of benzene rings is 1. The SMILES string of the molecule is CCC(C)N(CC)C(=O)c1cc(F)ccc1N. The number of nitrogen functional groups attached to an aromatic ring is 1. The van der Waals surface area contributed by atoms with Crippen LogP contribution in [-0.2, 0) is 0 Å². The summed E-state index contributed by atoms with van der Waals surface area (Å²) in [5.41, 5.74) is 6.27. The molecule has 0 saturated heterocycles. The van der Waals surface area contributed by atoms with E-state index in [0.717, 1.165) is 6.42 Å². The number of nitrogens with zero attached hydrogens (tertiary/aromatic N) is 1. The molecule has 1 atom stereocenters. The molecule has 2 N–H and O–H groups in total. The Kier molecular flexibility index (Phi) is 4.49. The third kappa shape index (κ3) is 2.96. The molecule has 4 heteroatoms. The molecule has 94 valence electrons. The summed E-state index contributed by atoms with van der Waals surface area (Å²) in [4.78, 5) is 13.9. The van der Waals surface area contributed by atoms with Crippen LogP contribution >= 0.6 is 0 Å². The van der Waals surface area contributed by atoms with Crippen LogP contribution in [0.15, 0.2) is 18.2 Å². The number of hydrogen-bond acceptors (Lipinski definition) is 2. The number of nitrogens with two attached hydrogens (primary N) is 1. The molecular weight excluding hydrogens is 219 g/mol. The van der Waals surface area contributed by atoms with Gasteiger partial charge in [-0.3, -0.25) is 4.79 Å². The molecule has 0 aliphatic rings. The fraction of sp³-hybridized carbons (Fsp3) is 0.462. The quantitative estimate of drug-likeness (QED) is 0.820. The number of carbonyl (C=O) groups excluding carboxylic acids is 1. The van der Waals surface area contributed by atoms with Gasteiger partial charge in [0.05, 0.1) is 5.56 Å². The van der Waals surface area contributed by atoms with Gasteiger partial charge in [0.2, 0.25) is 0 Å². The molecule has 0 bridgehead atoms. The van der Waals surface area contributed by atoms with Crippen LogP contribution in [-0.4, -0.2) is 23.4 Å². The Hall–Kier alpha value is -1.58. The molecule has 1 aromatic rings. The molecule has 1 rings (SSSR count). The van der Waals surface area contributed by atoms with E-state index in [0.29, 0.717) is 12.2 Å². The third-order valence-electron chi connectivity index (χ3n) is 2.97. The van der Waals surface area contributed by atoms with Crippen molar-refractivity contribution in [1.82, 2.24) is 4.90 Å². The van der Waals surface area contributed by atoms with Gasteiger partial charge in [0.15, 0.2) is 0 Å². The molecule has 0 heterocycles. The van der Waals surface area contributed by atoms with Crippen LogP contribution in [0.25, 0.3) is 0 Å². The van der Waals surface area contributed by atoms with E-state index >= 15 is 0 Å². The molecule has 0 spiro atoms. The summed E-state index contributed by atoms with van der Waals surface area (Å²) < 4.78 is 13.1. The predicted molar refractivity (Wildman–Crippen MR) is 67.3 cm³/mol. The molecule has 1 amide bonds. The zero-order valence-corrected chi connectivity index (χ0v) is 10.5. The van der Waals surface area contributed by atoms with Crippen molar-refractivity contribution in [3.63, 3.8) is 0 Å². The maximum atomic E-state index is 13.1. The Morgan fingerprint density at radius 1 is 1.47 bits per heavy atom. The monoisotopic (exact) mass is 238 g/mol. The van der Waals surface area contributed by atoms with E-state index in [9.17, 15) is 9.18 Å². The maximum absolute atomic E-state index is 13.1. The molecule has 17 heavy (non-hydrogen) atoms. The molecule has 0 aliphatic heterocycles. The van der Waals surface area contributed by atoms with Crippen LogP contribution in [0.3, 0.4) is 0 Å². The number of anilines is 1. The van der Waals surface area contributed by atoms with Crippen molar-refractivity contribution in [3.8, 4) is 0 Å². The van der Waals surface area contributed by atoms with E-state index in [1.54, 1.807) is 4.90 Å². The van der Waals surface area contributed by atoms with Gasteiger partial charge in [-0.2, -0.15) is 0 Å². The van der Waals surface area contributed by atoms with Gasteiger partial charge in [-0.05, 0) is 38.5 Å². The lowest BCUT2D eigenvalue weighted by atomic mass is 10.1. The fourth-order valence-electron chi connectivity index (χ4n) is 1.74. The Morgan fingerprint density at radius 3 is 2.65 bits per heavy atom. The number of rotatable bonds is 4. The van der Waals surface area contributed by atoms with Gasteiger partial charge in [-0.15, -0.1) is 0 Å². The number of halogens is 1. The zero-order valence-electron chi connectivity index (χ0n) is 10.5. The van der Waals surface area contributed by atoms with Crippen molar-refractivity contribution in [3.05, 3.63) is 29.6 Å². The highest BCUT2D eigenvalue weighted by Crippen LogP contribution is 2.17. The first-order valence-electron chi connectivity index (χ1n) is 5.87. The smallest absolute Gasteiger partial charge is 0.256 e. The molecule has 3 nitrogen and oxygen atoms in total. The van der Waals surface area contributed by atoms with Crippen LogP contribution < -0.4 is 5.73 Å². The molecule has 0 saturated carbocycles. The minimum absolute atomic E-state index is 0.121. The predicted octanol–water partition coefficient (Wildman–Crippen LogP) is 2.67. The van der Waals surface area contributed by atoms with Crippen molar-refractivity contribution >= 4 is 11.6 Å². The second-order valence-electron chi connectivity index (χ2n) is 4.08. The lowest BCUT2D eigenvalue weighted by Crippen LogP contribution is -2.38. The summed E-state index contributed by atoms with van der Waals surface area (Å²) in [6, 6.07) is 4.00. The highest BCUT2D eigenvalue weighted by Gasteiger charge is 2.20. The third-order valence-corrected chi connectivity index (χ3v) is 2.97. The Morgan fingerprint density at radius 2 is 2.12 bits per heavy atom. The van der Waals surface area contributed by atoms with Gasteiger partial charge >= 0.3 is 0 Å². The fourth-order valence-corrected chi connectivity index (χ4v) is 1.74. The highest BCUT2D eigenvalue weighted by atomic mass is 19.1. The van der Waals surface area contributed by atoms with Crippen molar-refractivity contribution < 1.29 is 9.18 Å². The molecule has 0 aliphatic carbocycles. The van der Waals surface area contributed by atoms with Crippen LogP contribution in [0, 0.1) is 5.82 Å². The summed E-state index contributed by atoms with van der Waals surface area (Å²) in [6.07, 6.45) is 0.856. The molecule has 0 fully saturated rings. The maximum Gasteiger partial charge on any atom is 0.256 e. The van der Waals surface area contributed by atoms with E-state index in [1.165, 1.54) is 18.2 Å². The Balaban J connectivity index is 3.05. The van der Waals surface area contributed by atoms with Crippen molar-refractivity contribution in [2.24, 2.45) is 0 Å². The van der Waals surface area contributed by atoms with Crippen molar-refractivity contribution in [2.75, 3.05) is 12.3 Å². The number of hydrogen-bond donors (Lipinski definition) is 1. The van der Waals surface area contributed by atoms with Gasteiger partial charge in [0, 0.05) is 18.3 Å². The van der Waals surface area contributed by atoms with Crippen LogP contribution in [0.1, 0.15) is 37.6 Å². The van der Waals surface area contributed by atoms with E-state index < -0.39 is 5.82 Å². The normalized spacial score (nSPS) is 12.2. The van der Waals surface area contributed by atoms with Crippen LogP contribution in [0.4, 0.5) is 10.1 Å². The lowest BCUT2D eigenvalue weighted by Gasteiger charge is -2.27. The van der Waals surface area contributed by atoms with Gasteiger partial charge in [-0.25, -0.2) is 4.39 Å². The number of amides is 1. The average Bonchev–Trinajstić information content (AvgIpc) is 2.32. The zero-order chi connectivity index (χ0) is 13.0. The van der Waals surface area contributed by atoms with E-state index in [1.807, 2.05) is 20.8 Å². The van der Waals surface area contributed by atoms with Gasteiger partial charge in [0.1, 0.15) is 5.82 Å². The topological polar surface area (TPSA) is 46.3 Å². The molecule has 1 unspecified atom stereocenters. The van der Waals surface area contributed by atoms with Crippen LogP contribution in [0.2, 0.25) is 0 Å². The summed E-state index contributed by atoms with van der Waals surface area (Å²) in [6.45, 7) is 6.47. The largest absolute Gasteiger partial charge is 0.398 e. The van der Waals surface area contributed by atoms with Gasteiger partial charge in [-0.1, -0.05) is 6.92 Å².